The van der Waals surface area contributed by atoms with Gasteiger partial charge in [0.05, 0.1) is 13.2 Å². The van der Waals surface area contributed by atoms with Crippen LogP contribution in [-0.4, -0.2) is 67.2 Å². The first-order valence-electron chi connectivity index (χ1n) is 5.50. The molecule has 0 saturated carbocycles. The molecule has 2 heterocycles. The number of urea groups is 1. The van der Waals surface area contributed by atoms with Crippen molar-refractivity contribution in [3.05, 3.63) is 11.6 Å². The number of carbonyl (C=O) groups is 2. The van der Waals surface area contributed by atoms with Gasteiger partial charge < -0.3 is 15.4 Å². The molecular weight excluding hydrogens is 294 g/mol. The van der Waals surface area contributed by atoms with Crippen LogP contribution in [0.1, 0.15) is 0 Å². The molecule has 1 saturated heterocycles. The van der Waals surface area contributed by atoms with Crippen molar-refractivity contribution in [3.63, 3.8) is 0 Å². The van der Waals surface area contributed by atoms with Crippen LogP contribution in [0.25, 0.3) is 0 Å². The summed E-state index contributed by atoms with van der Waals surface area (Å²) in [5.41, 5.74) is 5.66. The third-order valence-electron chi connectivity index (χ3n) is 3.00. The summed E-state index contributed by atoms with van der Waals surface area (Å²) >= 11 is 0. The van der Waals surface area contributed by atoms with Crippen molar-refractivity contribution < 1.29 is 31.6 Å². The van der Waals surface area contributed by atoms with Crippen LogP contribution in [0.15, 0.2) is 11.6 Å². The predicted octanol–water partition coefficient (Wildman–Crippen LogP) is -1.73. The highest BCUT2D eigenvalue weighted by Crippen LogP contribution is 2.30. The molecule has 11 heteroatoms. The van der Waals surface area contributed by atoms with Crippen molar-refractivity contribution in [2.75, 3.05) is 20.3 Å². The van der Waals surface area contributed by atoms with Gasteiger partial charge in [0.25, 0.3) is 0 Å². The van der Waals surface area contributed by atoms with Crippen LogP contribution in [0.3, 0.4) is 0 Å². The fourth-order valence-corrected chi connectivity index (χ4v) is 2.61. The van der Waals surface area contributed by atoms with Gasteiger partial charge in [0.2, 0.25) is 5.91 Å². The maximum absolute atomic E-state index is 12.0. The molecule has 3 N–H and O–H groups in total. The fourth-order valence-electron chi connectivity index (χ4n) is 2.23. The molecule has 2 rings (SSSR count). The van der Waals surface area contributed by atoms with E-state index in [1.165, 1.54) is 13.2 Å². The van der Waals surface area contributed by atoms with Gasteiger partial charge in [0, 0.05) is 7.11 Å². The molecule has 20 heavy (non-hydrogen) atoms. The summed E-state index contributed by atoms with van der Waals surface area (Å²) in [4.78, 5) is 24.4. The lowest BCUT2D eigenvalue weighted by molar-refractivity contribution is -0.120. The van der Waals surface area contributed by atoms with Crippen molar-refractivity contribution in [3.8, 4) is 0 Å². The molecule has 1 unspecified atom stereocenters. The molecule has 0 aromatic rings. The van der Waals surface area contributed by atoms with E-state index in [-0.39, 0.29) is 13.2 Å². The number of amides is 3. The maximum Gasteiger partial charge on any atom is 0.418 e. The first-order chi connectivity index (χ1) is 9.24. The monoisotopic (exact) mass is 307 g/mol. The number of hydrogen-bond donors (Lipinski definition) is 2. The summed E-state index contributed by atoms with van der Waals surface area (Å²) < 4.78 is 39.4. The number of nitrogens with two attached hydrogens (primary N) is 1. The Labute approximate surface area is 114 Å². The molecular formula is C9H13N3O7S. The number of hydrogen-bond acceptors (Lipinski definition) is 6. The number of primary amides is 1. The highest BCUT2D eigenvalue weighted by Gasteiger charge is 2.49. The van der Waals surface area contributed by atoms with Gasteiger partial charge in [0.15, 0.2) is 0 Å². The SMILES string of the molecule is COCC1=C[C@@H](C(N)=O)N2CC1N(OS(=O)(=O)O)C2=O. The Morgan fingerprint density at radius 3 is 2.75 bits per heavy atom. The zero-order valence-corrected chi connectivity index (χ0v) is 11.2. The van der Waals surface area contributed by atoms with E-state index in [2.05, 4.69) is 4.28 Å². The number of ether oxygens (including phenoxy) is 1. The van der Waals surface area contributed by atoms with Crippen molar-refractivity contribution in [2.24, 2.45) is 5.73 Å². The molecule has 10 nitrogen and oxygen atoms in total. The van der Waals surface area contributed by atoms with Gasteiger partial charge in [-0.2, -0.15) is 13.5 Å². The average Bonchev–Trinajstić information content (AvgIpc) is 2.57. The predicted molar refractivity (Wildman–Crippen MR) is 63.3 cm³/mol. The largest absolute Gasteiger partial charge is 0.418 e. The van der Waals surface area contributed by atoms with E-state index in [9.17, 15) is 18.0 Å². The van der Waals surface area contributed by atoms with E-state index in [0.717, 1.165) is 4.90 Å². The smallest absolute Gasteiger partial charge is 0.380 e. The summed E-state index contributed by atoms with van der Waals surface area (Å²) in [5, 5.41) is 0.489. The van der Waals surface area contributed by atoms with Gasteiger partial charge in [-0.05, 0) is 11.6 Å². The molecule has 0 aromatic heterocycles. The van der Waals surface area contributed by atoms with Gasteiger partial charge in [-0.15, -0.1) is 4.28 Å². The van der Waals surface area contributed by atoms with Gasteiger partial charge in [-0.25, -0.2) is 4.79 Å². The molecule has 0 spiro atoms. The van der Waals surface area contributed by atoms with Gasteiger partial charge >= 0.3 is 16.4 Å². The average molecular weight is 307 g/mol. The van der Waals surface area contributed by atoms with Crippen LogP contribution in [-0.2, 0) is 24.2 Å². The van der Waals surface area contributed by atoms with E-state index in [1.54, 1.807) is 0 Å². The second-order valence-corrected chi connectivity index (χ2v) is 5.31. The van der Waals surface area contributed by atoms with E-state index in [0.29, 0.717) is 10.6 Å². The molecule has 3 amide bonds. The molecule has 2 atom stereocenters. The Hall–Kier alpha value is -1.69. The highest BCUT2D eigenvalue weighted by atomic mass is 32.3. The zero-order valence-electron chi connectivity index (χ0n) is 10.4. The lowest BCUT2D eigenvalue weighted by Gasteiger charge is -2.27. The first-order valence-corrected chi connectivity index (χ1v) is 6.87. The zero-order chi connectivity index (χ0) is 15.1. The molecule has 0 radical (unpaired) electrons. The van der Waals surface area contributed by atoms with E-state index in [4.69, 9.17) is 15.0 Å². The Kier molecular flexibility index (Phi) is 3.69. The van der Waals surface area contributed by atoms with Crippen LogP contribution >= 0.6 is 0 Å². The number of fused-ring (bicyclic) bond motifs is 2. The van der Waals surface area contributed by atoms with Crippen molar-refractivity contribution in [1.82, 2.24) is 9.96 Å². The minimum Gasteiger partial charge on any atom is -0.380 e. The minimum absolute atomic E-state index is 0.0111. The van der Waals surface area contributed by atoms with Crippen molar-refractivity contribution >= 4 is 22.3 Å². The summed E-state index contributed by atoms with van der Waals surface area (Å²) in [6.07, 6.45) is 1.42. The molecule has 2 aliphatic heterocycles. The van der Waals surface area contributed by atoms with Gasteiger partial charge in [-0.3, -0.25) is 9.35 Å². The minimum atomic E-state index is -4.86. The summed E-state index contributed by atoms with van der Waals surface area (Å²) in [6, 6.07) is -2.67. The van der Waals surface area contributed by atoms with Gasteiger partial charge in [-0.1, -0.05) is 0 Å². The van der Waals surface area contributed by atoms with Crippen LogP contribution < -0.4 is 5.73 Å². The molecule has 2 bridgehead atoms. The highest BCUT2D eigenvalue weighted by molar-refractivity contribution is 7.80. The second-order valence-electron chi connectivity index (χ2n) is 4.30. The summed E-state index contributed by atoms with van der Waals surface area (Å²) in [7, 11) is -3.46. The summed E-state index contributed by atoms with van der Waals surface area (Å²) in [6.45, 7) is 0.0675. The Balaban J connectivity index is 2.36. The number of rotatable bonds is 5. The summed E-state index contributed by atoms with van der Waals surface area (Å²) in [5.74, 6) is -0.765. The first kappa shape index (κ1) is 14.7. The Morgan fingerprint density at radius 2 is 2.25 bits per heavy atom. The van der Waals surface area contributed by atoms with Crippen LogP contribution in [0.2, 0.25) is 0 Å². The Morgan fingerprint density at radius 1 is 1.60 bits per heavy atom. The lowest BCUT2D eigenvalue weighted by atomic mass is 10.0. The lowest BCUT2D eigenvalue weighted by Crippen LogP contribution is -2.47. The molecule has 2 aliphatic rings. The Bertz CT molecular complexity index is 572. The van der Waals surface area contributed by atoms with E-state index in [1.807, 2.05) is 0 Å². The van der Waals surface area contributed by atoms with Crippen LogP contribution in [0, 0.1) is 0 Å². The molecule has 0 aromatic carbocycles. The number of nitrogens with zero attached hydrogens (tertiary/aromatic N) is 2. The number of hydroxylamine groups is 2. The standard InChI is InChI=1S/C9H13N3O7S/c1-18-4-5-2-6(8(10)13)11-3-7(5)12(9(11)14)19-20(15,16)17/h2,6-7H,3-4H2,1H3,(H2,10,13)(H,15,16,17)/t6-,7?/m0/s1. The van der Waals surface area contributed by atoms with Crippen molar-refractivity contribution in [1.29, 1.82) is 0 Å². The van der Waals surface area contributed by atoms with Crippen LogP contribution in [0.5, 0.6) is 0 Å². The quantitative estimate of drug-likeness (QED) is 0.454. The molecule has 112 valence electrons. The molecule has 1 fully saturated rings. The normalized spacial score (nSPS) is 25.9. The van der Waals surface area contributed by atoms with E-state index >= 15 is 0 Å². The van der Waals surface area contributed by atoms with E-state index < -0.39 is 34.4 Å². The third kappa shape index (κ3) is 2.60. The van der Waals surface area contributed by atoms with Crippen LogP contribution in [0.4, 0.5) is 4.79 Å². The number of carbonyl (C=O) groups excluding carboxylic acids is 2. The second kappa shape index (κ2) is 5.01. The van der Waals surface area contributed by atoms with Gasteiger partial charge in [0.1, 0.15) is 12.1 Å². The topological polar surface area (TPSA) is 139 Å². The maximum atomic E-state index is 12.0. The third-order valence-corrected chi connectivity index (χ3v) is 3.35. The molecule has 0 aliphatic carbocycles. The van der Waals surface area contributed by atoms with Crippen molar-refractivity contribution in [2.45, 2.75) is 12.1 Å². The fraction of sp³-hybridized carbons (Fsp3) is 0.556. The number of methoxy groups -OCH3 is 1.